The Morgan fingerprint density at radius 1 is 1.08 bits per heavy atom. The number of thiazole rings is 1. The van der Waals surface area contributed by atoms with Crippen molar-refractivity contribution < 1.29 is 9.90 Å². The van der Waals surface area contributed by atoms with Crippen LogP contribution in [0.4, 0.5) is 10.8 Å². The summed E-state index contributed by atoms with van der Waals surface area (Å²) in [7, 11) is 0. The molecular formula is C19H14N4O2S. The predicted molar refractivity (Wildman–Crippen MR) is 102 cm³/mol. The standard InChI is InChI=1S/C19H14N4O2S/c1-12(24)23-16-10-6-5-9-14(16)17(18(23)25)21-22-19-20-15(11-26-19)13-7-3-2-4-8-13/h2-11,25H,1H3. The summed E-state index contributed by atoms with van der Waals surface area (Å²) in [6.45, 7) is 1.39. The molecule has 128 valence electrons. The van der Waals surface area contributed by atoms with Crippen LogP contribution in [0.5, 0.6) is 5.88 Å². The average molecular weight is 362 g/mol. The molecule has 0 atom stereocenters. The quantitative estimate of drug-likeness (QED) is 0.485. The van der Waals surface area contributed by atoms with Gasteiger partial charge in [0.15, 0.2) is 5.69 Å². The number of aromatic nitrogens is 2. The summed E-state index contributed by atoms with van der Waals surface area (Å²) in [4.78, 5) is 16.3. The summed E-state index contributed by atoms with van der Waals surface area (Å²) in [6.07, 6.45) is 0. The third-order valence-electron chi connectivity index (χ3n) is 3.94. The summed E-state index contributed by atoms with van der Waals surface area (Å²) in [6, 6.07) is 17.0. The lowest BCUT2D eigenvalue weighted by Gasteiger charge is -1.99. The second-order valence-corrected chi connectivity index (χ2v) is 6.46. The van der Waals surface area contributed by atoms with Crippen molar-refractivity contribution in [2.24, 2.45) is 10.2 Å². The molecule has 2 aromatic heterocycles. The molecule has 2 aromatic carbocycles. The monoisotopic (exact) mass is 362 g/mol. The van der Waals surface area contributed by atoms with Gasteiger partial charge in [0.05, 0.1) is 11.2 Å². The first-order chi connectivity index (χ1) is 12.6. The van der Waals surface area contributed by atoms with Gasteiger partial charge in [-0.1, -0.05) is 48.5 Å². The first-order valence-corrected chi connectivity index (χ1v) is 8.79. The Labute approximate surface area is 153 Å². The van der Waals surface area contributed by atoms with Crippen LogP contribution in [0.15, 0.2) is 70.2 Å². The summed E-state index contributed by atoms with van der Waals surface area (Å²) < 4.78 is 1.22. The normalized spacial score (nSPS) is 11.4. The van der Waals surface area contributed by atoms with E-state index in [1.165, 1.54) is 22.8 Å². The summed E-state index contributed by atoms with van der Waals surface area (Å²) >= 11 is 1.36. The van der Waals surface area contributed by atoms with E-state index in [1.54, 1.807) is 18.2 Å². The van der Waals surface area contributed by atoms with Gasteiger partial charge in [-0.2, -0.15) is 0 Å². The Kier molecular flexibility index (Phi) is 4.06. The van der Waals surface area contributed by atoms with Gasteiger partial charge in [-0.15, -0.1) is 21.6 Å². The topological polar surface area (TPSA) is 79.8 Å². The zero-order valence-electron chi connectivity index (χ0n) is 13.8. The largest absolute Gasteiger partial charge is 0.493 e. The number of nitrogens with zero attached hydrogens (tertiary/aromatic N) is 4. The van der Waals surface area contributed by atoms with Gasteiger partial charge in [-0.3, -0.25) is 4.79 Å². The molecule has 0 radical (unpaired) electrons. The Hall–Kier alpha value is -3.32. The fourth-order valence-corrected chi connectivity index (χ4v) is 3.42. The zero-order chi connectivity index (χ0) is 18.1. The lowest BCUT2D eigenvalue weighted by atomic mass is 10.2. The second-order valence-electron chi connectivity index (χ2n) is 5.63. The van der Waals surface area contributed by atoms with Crippen LogP contribution < -0.4 is 0 Å². The van der Waals surface area contributed by atoms with Crippen molar-refractivity contribution in [3.8, 4) is 17.1 Å². The number of carbonyl (C=O) groups is 1. The van der Waals surface area contributed by atoms with E-state index in [0.717, 1.165) is 11.3 Å². The third kappa shape index (κ3) is 2.78. The highest BCUT2D eigenvalue weighted by Crippen LogP contribution is 2.39. The zero-order valence-corrected chi connectivity index (χ0v) is 14.6. The van der Waals surface area contributed by atoms with E-state index in [2.05, 4.69) is 15.2 Å². The van der Waals surface area contributed by atoms with E-state index < -0.39 is 0 Å². The highest BCUT2D eigenvalue weighted by molar-refractivity contribution is 7.13. The van der Waals surface area contributed by atoms with Crippen molar-refractivity contribution in [1.82, 2.24) is 9.55 Å². The van der Waals surface area contributed by atoms with Gasteiger partial charge in [-0.25, -0.2) is 9.55 Å². The maximum atomic E-state index is 11.8. The number of rotatable bonds is 3. The number of fused-ring (bicyclic) bond motifs is 1. The SMILES string of the molecule is CC(=O)n1c(O)c(N=Nc2nc(-c3ccccc3)cs2)c2ccccc21. The van der Waals surface area contributed by atoms with Crippen LogP contribution in [0, 0.1) is 0 Å². The van der Waals surface area contributed by atoms with E-state index in [4.69, 9.17) is 0 Å². The minimum Gasteiger partial charge on any atom is -0.493 e. The number of carbonyl (C=O) groups excluding carboxylic acids is 1. The molecular weight excluding hydrogens is 348 g/mol. The van der Waals surface area contributed by atoms with E-state index >= 15 is 0 Å². The number of hydrogen-bond acceptors (Lipinski definition) is 6. The lowest BCUT2D eigenvalue weighted by molar-refractivity contribution is 0.0933. The van der Waals surface area contributed by atoms with Crippen molar-refractivity contribution >= 4 is 39.0 Å². The van der Waals surface area contributed by atoms with Crippen LogP contribution in [0.25, 0.3) is 22.2 Å². The molecule has 0 spiro atoms. The number of para-hydroxylation sites is 1. The van der Waals surface area contributed by atoms with Gasteiger partial charge in [0.1, 0.15) is 0 Å². The molecule has 4 aromatic rings. The highest BCUT2D eigenvalue weighted by Gasteiger charge is 2.18. The third-order valence-corrected chi connectivity index (χ3v) is 4.66. The van der Waals surface area contributed by atoms with Gasteiger partial charge in [0.2, 0.25) is 16.9 Å². The molecule has 0 aliphatic heterocycles. The minimum absolute atomic E-state index is 0.220. The smallest absolute Gasteiger partial charge is 0.230 e. The van der Waals surface area contributed by atoms with Gasteiger partial charge in [0, 0.05) is 23.3 Å². The van der Waals surface area contributed by atoms with Gasteiger partial charge < -0.3 is 5.11 Å². The van der Waals surface area contributed by atoms with Crippen LogP contribution >= 0.6 is 11.3 Å². The Morgan fingerprint density at radius 3 is 2.58 bits per heavy atom. The van der Waals surface area contributed by atoms with Crippen LogP contribution in [-0.4, -0.2) is 20.6 Å². The van der Waals surface area contributed by atoms with Gasteiger partial charge >= 0.3 is 0 Å². The summed E-state index contributed by atoms with van der Waals surface area (Å²) in [5, 5.41) is 21.8. The van der Waals surface area contributed by atoms with Crippen LogP contribution in [0.1, 0.15) is 11.7 Å². The molecule has 0 saturated carbocycles. The number of benzene rings is 2. The second kappa shape index (κ2) is 6.53. The maximum absolute atomic E-state index is 11.8. The Morgan fingerprint density at radius 2 is 1.81 bits per heavy atom. The fourth-order valence-electron chi connectivity index (χ4n) is 2.77. The maximum Gasteiger partial charge on any atom is 0.230 e. The number of aromatic hydroxyl groups is 1. The highest BCUT2D eigenvalue weighted by atomic mass is 32.1. The molecule has 0 fully saturated rings. The van der Waals surface area contributed by atoms with Crippen molar-refractivity contribution in [2.75, 3.05) is 0 Å². The summed E-state index contributed by atoms with van der Waals surface area (Å²) in [5.74, 6) is -0.511. The molecule has 2 heterocycles. The lowest BCUT2D eigenvalue weighted by Crippen LogP contribution is -2.03. The molecule has 6 nitrogen and oxygen atoms in total. The molecule has 26 heavy (non-hydrogen) atoms. The van der Waals surface area contributed by atoms with Crippen LogP contribution in [0.2, 0.25) is 0 Å². The predicted octanol–water partition coefficient (Wildman–Crippen LogP) is 5.55. The molecule has 0 saturated heterocycles. The van der Waals surface area contributed by atoms with E-state index in [1.807, 2.05) is 41.8 Å². The minimum atomic E-state index is -0.291. The number of azo groups is 1. The molecule has 0 aliphatic carbocycles. The molecule has 4 rings (SSSR count). The Bertz CT molecular complexity index is 1130. The molecule has 7 heteroatoms. The summed E-state index contributed by atoms with van der Waals surface area (Å²) in [5.41, 5.74) is 2.67. The van der Waals surface area contributed by atoms with Gasteiger partial charge in [0.25, 0.3) is 0 Å². The van der Waals surface area contributed by atoms with Crippen molar-refractivity contribution in [1.29, 1.82) is 0 Å². The van der Waals surface area contributed by atoms with Gasteiger partial charge in [-0.05, 0) is 6.07 Å². The molecule has 0 aliphatic rings. The van der Waals surface area contributed by atoms with E-state index in [9.17, 15) is 9.90 Å². The molecule has 0 bridgehead atoms. The first-order valence-electron chi connectivity index (χ1n) is 7.91. The molecule has 0 unspecified atom stereocenters. The fraction of sp³-hybridized carbons (Fsp3) is 0.0526. The van der Waals surface area contributed by atoms with Crippen LogP contribution in [0.3, 0.4) is 0 Å². The number of hydrogen-bond donors (Lipinski definition) is 1. The van der Waals surface area contributed by atoms with E-state index in [-0.39, 0.29) is 17.5 Å². The van der Waals surface area contributed by atoms with Crippen molar-refractivity contribution in [3.05, 3.63) is 60.0 Å². The molecule has 0 amide bonds. The van der Waals surface area contributed by atoms with Crippen molar-refractivity contribution in [2.45, 2.75) is 6.92 Å². The molecule has 1 N–H and O–H groups in total. The van der Waals surface area contributed by atoms with Crippen molar-refractivity contribution in [3.63, 3.8) is 0 Å². The Balaban J connectivity index is 1.73. The first kappa shape index (κ1) is 16.2. The van der Waals surface area contributed by atoms with Crippen LogP contribution in [-0.2, 0) is 0 Å². The average Bonchev–Trinajstić information content (AvgIpc) is 3.23. The van der Waals surface area contributed by atoms with E-state index in [0.29, 0.717) is 16.0 Å².